The van der Waals surface area contributed by atoms with Crippen LogP contribution in [0.5, 0.6) is 0 Å². The third-order valence-corrected chi connectivity index (χ3v) is 6.22. The molecule has 6 nitrogen and oxygen atoms in total. The van der Waals surface area contributed by atoms with Crippen LogP contribution in [0.25, 0.3) is 0 Å². The Balaban J connectivity index is 1.74. The molecule has 3 atom stereocenters. The van der Waals surface area contributed by atoms with Crippen LogP contribution >= 0.6 is 0 Å². The lowest BCUT2D eigenvalue weighted by atomic mass is 9.84. The molecule has 1 amide bonds. The van der Waals surface area contributed by atoms with Crippen LogP contribution in [0.2, 0.25) is 0 Å². The third-order valence-electron chi connectivity index (χ3n) is 5.82. The molecule has 1 aliphatic rings. The van der Waals surface area contributed by atoms with Crippen LogP contribution in [-0.2, 0) is 25.9 Å². The molecule has 3 unspecified atom stereocenters. The van der Waals surface area contributed by atoms with E-state index in [-0.39, 0.29) is 25.5 Å². The molecule has 9 heteroatoms. The van der Waals surface area contributed by atoms with E-state index in [9.17, 15) is 22.3 Å². The number of morpholine rings is 1. The maximum atomic E-state index is 14.3. The first-order chi connectivity index (χ1) is 16.4. The smallest absolute Gasteiger partial charge is 0.302 e. The number of hydrogen-bond acceptors (Lipinski definition) is 4. The van der Waals surface area contributed by atoms with Gasteiger partial charge in [-0.3, -0.25) is 13.5 Å². The maximum Gasteiger partial charge on any atom is 0.302 e. The number of carbonyl (C=O) groups excluding carboxylic acids is 1. The van der Waals surface area contributed by atoms with E-state index in [2.05, 4.69) is 0 Å². The van der Waals surface area contributed by atoms with E-state index in [0.717, 1.165) is 12.1 Å². The van der Waals surface area contributed by atoms with Gasteiger partial charge in [0.05, 0.1) is 13.2 Å². The minimum Gasteiger partial charge on any atom is -0.366 e. The second-order valence-corrected chi connectivity index (χ2v) is 8.61. The molecule has 0 bridgehead atoms. The average Bonchev–Trinajstić information content (AvgIpc) is 2.86. The van der Waals surface area contributed by atoms with Crippen LogP contribution in [0.4, 0.5) is 8.78 Å². The number of amides is 1. The van der Waals surface area contributed by atoms with Crippen molar-refractivity contribution in [3.8, 4) is 0 Å². The number of rotatable bonds is 7. The van der Waals surface area contributed by atoms with E-state index in [1.807, 2.05) is 0 Å². The van der Waals surface area contributed by atoms with Gasteiger partial charge < -0.3 is 9.64 Å². The molecule has 1 N–H and O–H groups in total. The minimum atomic E-state index is -2.60. The maximum absolute atomic E-state index is 14.3. The molecule has 34 heavy (non-hydrogen) atoms. The van der Waals surface area contributed by atoms with Crippen molar-refractivity contribution in [2.24, 2.45) is 0 Å². The lowest BCUT2D eigenvalue weighted by Gasteiger charge is -2.44. The zero-order chi connectivity index (χ0) is 24.1. The van der Waals surface area contributed by atoms with Gasteiger partial charge in [0.25, 0.3) is 5.91 Å². The van der Waals surface area contributed by atoms with Gasteiger partial charge in [-0.25, -0.2) is 8.78 Å². The highest BCUT2D eigenvalue weighted by molar-refractivity contribution is 7.74. The molecule has 3 aromatic rings. The topological polar surface area (TPSA) is 76.1 Å². The van der Waals surface area contributed by atoms with Crippen molar-refractivity contribution in [1.29, 1.82) is 0 Å². The SMILES string of the molecule is O=C(c1ccccc1)N1CCOC(CC(OS(=O)O)c2ccccc2)(c2ccc(F)c(F)c2)C1. The molecular weight excluding hydrogens is 464 g/mol. The second-order valence-electron chi connectivity index (χ2n) is 7.98. The highest BCUT2D eigenvalue weighted by atomic mass is 32.2. The largest absolute Gasteiger partial charge is 0.366 e. The number of nitrogens with zero attached hydrogens (tertiary/aromatic N) is 1. The molecule has 0 aliphatic carbocycles. The molecule has 3 aromatic carbocycles. The summed E-state index contributed by atoms with van der Waals surface area (Å²) in [4.78, 5) is 14.8. The third kappa shape index (κ3) is 5.39. The Morgan fingerprint density at radius 3 is 2.38 bits per heavy atom. The van der Waals surface area contributed by atoms with Crippen LogP contribution in [0.3, 0.4) is 0 Å². The van der Waals surface area contributed by atoms with Gasteiger partial charge in [0.2, 0.25) is 0 Å². The first-order valence-corrected chi connectivity index (χ1v) is 11.7. The predicted molar refractivity (Wildman–Crippen MR) is 122 cm³/mol. The van der Waals surface area contributed by atoms with Gasteiger partial charge >= 0.3 is 11.4 Å². The molecular formula is C25H23F2NO5S. The standard InChI is InChI=1S/C25H23F2NO5S/c26-21-12-11-20(15-22(21)27)25(16-23(33-34(30)31)18-7-3-1-4-8-18)17-28(13-14-32-25)24(29)19-9-5-2-6-10-19/h1-12,15,23H,13-14,16-17H2,(H,30,31). The van der Waals surface area contributed by atoms with Crippen LogP contribution in [0, 0.1) is 11.6 Å². The van der Waals surface area contributed by atoms with Gasteiger partial charge in [0, 0.05) is 18.5 Å². The molecule has 4 rings (SSSR count). The quantitative estimate of drug-likeness (QED) is 0.493. The second kappa shape index (κ2) is 10.5. The van der Waals surface area contributed by atoms with Crippen LogP contribution in [0.1, 0.15) is 34.0 Å². The fourth-order valence-electron chi connectivity index (χ4n) is 4.19. The average molecular weight is 488 g/mol. The highest BCUT2D eigenvalue weighted by Crippen LogP contribution is 2.40. The van der Waals surface area contributed by atoms with Crippen molar-refractivity contribution < 1.29 is 31.3 Å². The Kier molecular flexibility index (Phi) is 7.47. The van der Waals surface area contributed by atoms with Gasteiger partial charge in [0.1, 0.15) is 11.7 Å². The van der Waals surface area contributed by atoms with Gasteiger partial charge in [-0.15, -0.1) is 0 Å². The Bertz CT molecular complexity index is 1160. The zero-order valence-electron chi connectivity index (χ0n) is 18.1. The van der Waals surface area contributed by atoms with E-state index < -0.39 is 34.7 Å². The minimum absolute atomic E-state index is 0.0105. The Morgan fingerprint density at radius 2 is 1.74 bits per heavy atom. The van der Waals surface area contributed by atoms with Gasteiger partial charge in [0.15, 0.2) is 11.6 Å². The van der Waals surface area contributed by atoms with Crippen molar-refractivity contribution in [2.75, 3.05) is 19.7 Å². The summed E-state index contributed by atoms with van der Waals surface area (Å²) < 4.78 is 60.5. The molecule has 0 saturated carbocycles. The van der Waals surface area contributed by atoms with E-state index in [1.165, 1.54) is 6.07 Å². The Morgan fingerprint density at radius 1 is 1.06 bits per heavy atom. The monoisotopic (exact) mass is 487 g/mol. The number of carbonyl (C=O) groups is 1. The van der Waals surface area contributed by atoms with E-state index in [4.69, 9.17) is 8.92 Å². The van der Waals surface area contributed by atoms with Gasteiger partial charge in [-0.1, -0.05) is 54.6 Å². The molecule has 1 aliphatic heterocycles. The summed E-state index contributed by atoms with van der Waals surface area (Å²) in [6.45, 7) is 0.430. The van der Waals surface area contributed by atoms with Crippen molar-refractivity contribution in [2.45, 2.75) is 18.1 Å². The molecule has 1 saturated heterocycles. The van der Waals surface area contributed by atoms with E-state index >= 15 is 0 Å². The number of ether oxygens (including phenoxy) is 1. The first kappa shape index (κ1) is 24.2. The Labute approximate surface area is 198 Å². The summed E-state index contributed by atoms with van der Waals surface area (Å²) >= 11 is -2.60. The van der Waals surface area contributed by atoms with Crippen LogP contribution in [0.15, 0.2) is 78.9 Å². The molecule has 178 valence electrons. The van der Waals surface area contributed by atoms with Crippen LogP contribution < -0.4 is 0 Å². The first-order valence-electron chi connectivity index (χ1n) is 10.6. The summed E-state index contributed by atoms with van der Waals surface area (Å²) in [7, 11) is 0. The fourth-order valence-corrected chi connectivity index (χ4v) is 4.57. The number of hydrogen-bond donors (Lipinski definition) is 1. The summed E-state index contributed by atoms with van der Waals surface area (Å²) in [6.07, 6.45) is -0.945. The van der Waals surface area contributed by atoms with E-state index in [1.54, 1.807) is 65.6 Å². The fraction of sp³-hybridized carbons (Fsp3) is 0.240. The number of halogens is 2. The summed E-state index contributed by atoms with van der Waals surface area (Å²) in [5.41, 5.74) is 0.0555. The highest BCUT2D eigenvalue weighted by Gasteiger charge is 2.43. The Hall–Kier alpha value is -2.98. The molecule has 1 fully saturated rings. The molecule has 1 heterocycles. The predicted octanol–water partition coefficient (Wildman–Crippen LogP) is 4.62. The zero-order valence-corrected chi connectivity index (χ0v) is 18.9. The van der Waals surface area contributed by atoms with E-state index in [0.29, 0.717) is 23.2 Å². The van der Waals surface area contributed by atoms with Gasteiger partial charge in [-0.2, -0.15) is 4.21 Å². The van der Waals surface area contributed by atoms with Crippen molar-refractivity contribution in [3.63, 3.8) is 0 Å². The summed E-state index contributed by atoms with van der Waals surface area (Å²) in [5, 5.41) is 0. The van der Waals surface area contributed by atoms with Crippen molar-refractivity contribution >= 4 is 17.3 Å². The normalized spacial score (nSPS) is 20.0. The van der Waals surface area contributed by atoms with Gasteiger partial charge in [-0.05, 0) is 35.4 Å². The van der Waals surface area contributed by atoms with Crippen LogP contribution in [-0.4, -0.2) is 39.3 Å². The van der Waals surface area contributed by atoms with Crippen molar-refractivity contribution in [3.05, 3.63) is 107 Å². The summed E-state index contributed by atoms with van der Waals surface area (Å²) in [6, 6.07) is 20.9. The number of benzene rings is 3. The molecule has 0 aromatic heterocycles. The molecule has 0 spiro atoms. The lowest BCUT2D eigenvalue weighted by Crippen LogP contribution is -2.52. The lowest BCUT2D eigenvalue weighted by molar-refractivity contribution is -0.123. The molecule has 0 radical (unpaired) electrons. The summed E-state index contributed by atoms with van der Waals surface area (Å²) in [5.74, 6) is -2.31. The van der Waals surface area contributed by atoms with Crippen molar-refractivity contribution in [1.82, 2.24) is 4.90 Å².